The van der Waals surface area contributed by atoms with Crippen molar-refractivity contribution in [3.63, 3.8) is 0 Å². The van der Waals surface area contributed by atoms with Crippen molar-refractivity contribution in [2.45, 2.75) is 0 Å². The SMILES string of the molecule is O=[C]Oc1cccc2[nH]nnc12. The maximum absolute atomic E-state index is 9.93. The van der Waals surface area contributed by atoms with Crippen LogP contribution in [-0.2, 0) is 4.79 Å². The summed E-state index contributed by atoms with van der Waals surface area (Å²) in [4.78, 5) is 9.93. The van der Waals surface area contributed by atoms with Crippen molar-refractivity contribution in [3.8, 4) is 5.75 Å². The molecule has 1 radical (unpaired) electrons. The highest BCUT2D eigenvalue weighted by atomic mass is 16.5. The van der Waals surface area contributed by atoms with Gasteiger partial charge in [0.2, 0.25) is 0 Å². The minimum atomic E-state index is 0.358. The van der Waals surface area contributed by atoms with Gasteiger partial charge in [-0.15, -0.1) is 5.10 Å². The lowest BCUT2D eigenvalue weighted by Crippen LogP contribution is -1.88. The summed E-state index contributed by atoms with van der Waals surface area (Å²) < 4.78 is 4.55. The lowest BCUT2D eigenvalue weighted by Gasteiger charge is -1.94. The molecule has 0 unspecified atom stereocenters. The molecule has 0 amide bonds. The number of fused-ring (bicyclic) bond motifs is 1. The van der Waals surface area contributed by atoms with E-state index in [1.54, 1.807) is 18.2 Å². The molecule has 0 aliphatic rings. The van der Waals surface area contributed by atoms with E-state index in [0.29, 0.717) is 11.3 Å². The van der Waals surface area contributed by atoms with Crippen molar-refractivity contribution in [2.75, 3.05) is 0 Å². The quantitative estimate of drug-likeness (QED) is 0.694. The van der Waals surface area contributed by atoms with Crippen molar-refractivity contribution in [1.29, 1.82) is 0 Å². The van der Waals surface area contributed by atoms with Gasteiger partial charge < -0.3 is 4.74 Å². The Bertz CT molecular complexity index is 410. The molecular formula is C7H4N3O2. The Kier molecular flexibility index (Phi) is 1.48. The third kappa shape index (κ3) is 0.914. The van der Waals surface area contributed by atoms with E-state index in [1.165, 1.54) is 6.47 Å². The second kappa shape index (κ2) is 2.61. The van der Waals surface area contributed by atoms with Gasteiger partial charge in [-0.05, 0) is 12.1 Å². The second-order valence-electron chi connectivity index (χ2n) is 2.15. The number of nitrogens with one attached hydrogen (secondary N) is 1. The first-order valence-electron chi connectivity index (χ1n) is 3.25. The average molecular weight is 162 g/mol. The van der Waals surface area contributed by atoms with Crippen LogP contribution in [0.3, 0.4) is 0 Å². The summed E-state index contributed by atoms with van der Waals surface area (Å²) in [5.74, 6) is 0.358. The smallest absolute Gasteiger partial charge is 0.416 e. The maximum atomic E-state index is 9.93. The van der Waals surface area contributed by atoms with Gasteiger partial charge in [0.1, 0.15) is 0 Å². The van der Waals surface area contributed by atoms with Crippen LogP contribution in [0.5, 0.6) is 5.75 Å². The van der Waals surface area contributed by atoms with Crippen molar-refractivity contribution < 1.29 is 9.53 Å². The topological polar surface area (TPSA) is 67.9 Å². The highest BCUT2D eigenvalue weighted by molar-refractivity contribution is 5.81. The van der Waals surface area contributed by atoms with E-state index in [9.17, 15) is 4.79 Å². The van der Waals surface area contributed by atoms with Gasteiger partial charge in [0.25, 0.3) is 0 Å². The molecule has 0 saturated carbocycles. The molecule has 0 fully saturated rings. The molecule has 1 N–H and O–H groups in total. The molecule has 5 heteroatoms. The largest absolute Gasteiger partial charge is 0.423 e. The van der Waals surface area contributed by atoms with Gasteiger partial charge in [-0.3, -0.25) is 5.10 Å². The first-order chi connectivity index (χ1) is 5.92. The number of nitrogens with zero attached hydrogens (tertiary/aromatic N) is 2. The van der Waals surface area contributed by atoms with Crippen LogP contribution >= 0.6 is 0 Å². The Hall–Kier alpha value is -1.91. The molecule has 1 aromatic carbocycles. The lowest BCUT2D eigenvalue weighted by atomic mass is 10.3. The number of hydrogen-bond donors (Lipinski definition) is 1. The third-order valence-electron chi connectivity index (χ3n) is 1.47. The van der Waals surface area contributed by atoms with Gasteiger partial charge in [0.05, 0.1) is 5.52 Å². The summed E-state index contributed by atoms with van der Waals surface area (Å²) in [6.07, 6.45) is 0. The number of ether oxygens (including phenoxy) is 1. The van der Waals surface area contributed by atoms with E-state index in [-0.39, 0.29) is 0 Å². The molecule has 0 spiro atoms. The zero-order valence-electron chi connectivity index (χ0n) is 5.94. The fourth-order valence-electron chi connectivity index (χ4n) is 0.972. The molecule has 0 atom stereocenters. The predicted molar refractivity (Wildman–Crippen MR) is 40.2 cm³/mol. The Labute approximate surface area is 67.3 Å². The highest BCUT2D eigenvalue weighted by Crippen LogP contribution is 2.20. The summed E-state index contributed by atoms with van der Waals surface area (Å²) in [5.41, 5.74) is 1.25. The zero-order valence-corrected chi connectivity index (χ0v) is 5.94. The average Bonchev–Trinajstić information content (AvgIpc) is 2.53. The van der Waals surface area contributed by atoms with Crippen LogP contribution < -0.4 is 4.74 Å². The van der Waals surface area contributed by atoms with Gasteiger partial charge in [-0.25, -0.2) is 4.79 Å². The van der Waals surface area contributed by atoms with E-state index < -0.39 is 0 Å². The first kappa shape index (κ1) is 6.78. The standard InChI is InChI=1S/C7H4N3O2/c11-4-12-6-3-1-2-5-7(6)9-10-8-5/h1-3H,(H,8,9,10). The van der Waals surface area contributed by atoms with Gasteiger partial charge in [0.15, 0.2) is 11.3 Å². The van der Waals surface area contributed by atoms with Crippen molar-refractivity contribution in [3.05, 3.63) is 18.2 Å². The van der Waals surface area contributed by atoms with E-state index in [4.69, 9.17) is 0 Å². The molecule has 0 saturated heterocycles. The molecule has 5 nitrogen and oxygen atoms in total. The summed E-state index contributed by atoms with van der Waals surface area (Å²) >= 11 is 0. The number of aromatic nitrogens is 3. The van der Waals surface area contributed by atoms with Crippen LogP contribution in [0.25, 0.3) is 11.0 Å². The normalized spacial score (nSPS) is 10.0. The van der Waals surface area contributed by atoms with Crippen molar-refractivity contribution in [2.24, 2.45) is 0 Å². The molecule has 0 aliphatic carbocycles. The second-order valence-corrected chi connectivity index (χ2v) is 2.15. The first-order valence-corrected chi connectivity index (χ1v) is 3.25. The molecule has 2 rings (SSSR count). The summed E-state index contributed by atoms with van der Waals surface area (Å²) in [5, 5.41) is 9.93. The minimum Gasteiger partial charge on any atom is -0.416 e. The number of aromatic amines is 1. The zero-order chi connectivity index (χ0) is 8.39. The van der Waals surface area contributed by atoms with Crippen LogP contribution in [0.15, 0.2) is 18.2 Å². The molecule has 12 heavy (non-hydrogen) atoms. The fraction of sp³-hybridized carbons (Fsp3) is 0. The van der Waals surface area contributed by atoms with Crippen LogP contribution in [0, 0.1) is 0 Å². The van der Waals surface area contributed by atoms with E-state index in [1.807, 2.05) is 0 Å². The molecular weight excluding hydrogens is 158 g/mol. The van der Waals surface area contributed by atoms with Crippen LogP contribution in [0.2, 0.25) is 0 Å². The van der Waals surface area contributed by atoms with Crippen LogP contribution in [0.1, 0.15) is 0 Å². The van der Waals surface area contributed by atoms with E-state index >= 15 is 0 Å². The number of benzene rings is 1. The minimum absolute atomic E-state index is 0.358. The Morgan fingerprint density at radius 2 is 2.42 bits per heavy atom. The predicted octanol–water partition coefficient (Wildman–Crippen LogP) is 0.404. The van der Waals surface area contributed by atoms with Gasteiger partial charge >= 0.3 is 6.47 Å². The maximum Gasteiger partial charge on any atom is 0.423 e. The lowest BCUT2D eigenvalue weighted by molar-refractivity contribution is 0.445. The summed E-state index contributed by atoms with van der Waals surface area (Å²) in [7, 11) is 0. The molecule has 1 heterocycles. The Morgan fingerprint density at radius 1 is 1.50 bits per heavy atom. The fourth-order valence-corrected chi connectivity index (χ4v) is 0.972. The molecule has 1 aromatic heterocycles. The highest BCUT2D eigenvalue weighted by Gasteiger charge is 2.04. The summed E-state index contributed by atoms with van der Waals surface area (Å²) in [6, 6.07) is 5.14. The Morgan fingerprint density at radius 3 is 3.25 bits per heavy atom. The van der Waals surface area contributed by atoms with Crippen LogP contribution in [0.4, 0.5) is 0 Å². The number of H-pyrrole nitrogens is 1. The Balaban J connectivity index is 2.65. The third-order valence-corrected chi connectivity index (χ3v) is 1.47. The number of carbonyl (C=O) groups excluding carboxylic acids is 1. The molecule has 2 aromatic rings. The van der Waals surface area contributed by atoms with Gasteiger partial charge in [-0.2, -0.15) is 0 Å². The van der Waals surface area contributed by atoms with Crippen molar-refractivity contribution in [1.82, 2.24) is 15.4 Å². The molecule has 59 valence electrons. The van der Waals surface area contributed by atoms with Crippen LogP contribution in [-0.4, -0.2) is 21.9 Å². The number of hydrogen-bond acceptors (Lipinski definition) is 4. The summed E-state index contributed by atoms with van der Waals surface area (Å²) in [6.45, 7) is 1.33. The monoisotopic (exact) mass is 162 g/mol. The van der Waals surface area contributed by atoms with E-state index in [2.05, 4.69) is 20.1 Å². The van der Waals surface area contributed by atoms with Gasteiger partial charge in [0, 0.05) is 0 Å². The molecule has 0 aliphatic heterocycles. The molecule has 0 bridgehead atoms. The number of rotatable bonds is 2. The van der Waals surface area contributed by atoms with Gasteiger partial charge in [-0.1, -0.05) is 11.3 Å². The van der Waals surface area contributed by atoms with Crippen molar-refractivity contribution >= 4 is 17.5 Å². The van der Waals surface area contributed by atoms with E-state index in [0.717, 1.165) is 5.52 Å².